The molecule has 0 aliphatic heterocycles. The average molecular weight is 250 g/mol. The molecule has 19 heavy (non-hydrogen) atoms. The van der Waals surface area contributed by atoms with Gasteiger partial charge in [-0.25, -0.2) is 0 Å². The fourth-order valence-corrected chi connectivity index (χ4v) is 1.75. The number of nitrogens with one attached hydrogen (secondary N) is 1. The molecule has 94 valence electrons. The fraction of sp³-hybridized carbons (Fsp3) is 0.125. The van der Waals surface area contributed by atoms with E-state index in [4.69, 9.17) is 5.26 Å². The van der Waals surface area contributed by atoms with Gasteiger partial charge in [0.1, 0.15) is 0 Å². The van der Waals surface area contributed by atoms with Crippen molar-refractivity contribution in [3.63, 3.8) is 0 Å². The number of hydrogen-bond acceptors (Lipinski definition) is 2. The van der Waals surface area contributed by atoms with Crippen molar-refractivity contribution in [2.24, 2.45) is 0 Å². The molecule has 1 amide bonds. The maximum atomic E-state index is 11.7. The second-order valence-electron chi connectivity index (χ2n) is 4.22. The quantitative estimate of drug-likeness (QED) is 0.906. The summed E-state index contributed by atoms with van der Waals surface area (Å²) in [6.07, 6.45) is 1.10. The fourth-order valence-electron chi connectivity index (χ4n) is 1.75. The number of rotatable bonds is 4. The Kier molecular flexibility index (Phi) is 4.30. The Morgan fingerprint density at radius 2 is 1.74 bits per heavy atom. The van der Waals surface area contributed by atoms with Crippen molar-refractivity contribution in [3.05, 3.63) is 65.7 Å². The van der Waals surface area contributed by atoms with Crippen LogP contribution in [0.5, 0.6) is 0 Å². The molecule has 2 aromatic carbocycles. The number of carbonyl (C=O) groups is 1. The standard InChI is InChI=1S/C16H14N2O/c17-12-14-8-6-13(7-9-14)10-11-16(19)18-15-4-2-1-3-5-15/h1-9H,10-11H2,(H,18,19). The first-order chi connectivity index (χ1) is 9.28. The molecule has 3 heteroatoms. The summed E-state index contributed by atoms with van der Waals surface area (Å²) in [7, 11) is 0. The van der Waals surface area contributed by atoms with Crippen LogP contribution in [0.1, 0.15) is 17.5 Å². The molecule has 0 atom stereocenters. The highest BCUT2D eigenvalue weighted by molar-refractivity contribution is 5.90. The highest BCUT2D eigenvalue weighted by Crippen LogP contribution is 2.09. The van der Waals surface area contributed by atoms with Crippen molar-refractivity contribution in [1.29, 1.82) is 5.26 Å². The number of carbonyl (C=O) groups excluding carboxylic acids is 1. The Morgan fingerprint density at radius 3 is 2.37 bits per heavy atom. The van der Waals surface area contributed by atoms with Gasteiger partial charge in [-0.05, 0) is 36.2 Å². The number of hydrogen-bond donors (Lipinski definition) is 1. The first-order valence-corrected chi connectivity index (χ1v) is 6.12. The maximum absolute atomic E-state index is 11.7. The summed E-state index contributed by atoms with van der Waals surface area (Å²) in [5.74, 6) is -0.00411. The predicted octanol–water partition coefficient (Wildman–Crippen LogP) is 3.13. The van der Waals surface area contributed by atoms with Gasteiger partial charge in [0.2, 0.25) is 5.91 Å². The maximum Gasteiger partial charge on any atom is 0.224 e. The number of benzene rings is 2. The Labute approximate surface area is 112 Å². The molecular weight excluding hydrogens is 236 g/mol. The third kappa shape index (κ3) is 3.97. The number of nitriles is 1. The summed E-state index contributed by atoms with van der Waals surface area (Å²) in [5, 5.41) is 11.5. The predicted molar refractivity (Wildman–Crippen MR) is 74.5 cm³/mol. The number of aryl methyl sites for hydroxylation is 1. The van der Waals surface area contributed by atoms with Crippen LogP contribution in [0.15, 0.2) is 54.6 Å². The van der Waals surface area contributed by atoms with Crippen molar-refractivity contribution in [2.75, 3.05) is 5.32 Å². The van der Waals surface area contributed by atoms with Gasteiger partial charge < -0.3 is 5.32 Å². The summed E-state index contributed by atoms with van der Waals surface area (Å²) in [4.78, 5) is 11.7. The molecule has 0 heterocycles. The summed E-state index contributed by atoms with van der Waals surface area (Å²) >= 11 is 0. The number of amides is 1. The van der Waals surface area contributed by atoms with Gasteiger partial charge in [-0.2, -0.15) is 5.26 Å². The second kappa shape index (κ2) is 6.36. The van der Waals surface area contributed by atoms with Crippen LogP contribution >= 0.6 is 0 Å². The molecule has 0 saturated heterocycles. The van der Waals surface area contributed by atoms with E-state index in [1.54, 1.807) is 12.1 Å². The van der Waals surface area contributed by atoms with Crippen LogP contribution in [0.3, 0.4) is 0 Å². The third-order valence-electron chi connectivity index (χ3n) is 2.78. The Balaban J connectivity index is 1.85. The van der Waals surface area contributed by atoms with Gasteiger partial charge in [-0.1, -0.05) is 30.3 Å². The molecular formula is C16H14N2O. The first kappa shape index (κ1) is 12.8. The molecule has 0 unspecified atom stereocenters. The lowest BCUT2D eigenvalue weighted by atomic mass is 10.1. The normalized spacial score (nSPS) is 9.63. The lowest BCUT2D eigenvalue weighted by molar-refractivity contribution is -0.116. The topological polar surface area (TPSA) is 52.9 Å². The van der Waals surface area contributed by atoms with Gasteiger partial charge in [-0.3, -0.25) is 4.79 Å². The van der Waals surface area contributed by atoms with Crippen LogP contribution in [-0.2, 0) is 11.2 Å². The van der Waals surface area contributed by atoms with E-state index in [2.05, 4.69) is 11.4 Å². The summed E-state index contributed by atoms with van der Waals surface area (Å²) in [6, 6.07) is 18.8. The summed E-state index contributed by atoms with van der Waals surface area (Å²) < 4.78 is 0. The molecule has 0 aliphatic carbocycles. The van der Waals surface area contributed by atoms with Crippen LogP contribution in [0.25, 0.3) is 0 Å². The van der Waals surface area contributed by atoms with Gasteiger partial charge in [0.15, 0.2) is 0 Å². The monoisotopic (exact) mass is 250 g/mol. The van der Waals surface area contributed by atoms with E-state index >= 15 is 0 Å². The summed E-state index contributed by atoms with van der Waals surface area (Å²) in [6.45, 7) is 0. The molecule has 0 fully saturated rings. The average Bonchev–Trinajstić information content (AvgIpc) is 2.47. The molecule has 0 bridgehead atoms. The van der Waals surface area contributed by atoms with E-state index in [0.717, 1.165) is 11.3 Å². The molecule has 3 nitrogen and oxygen atoms in total. The number of nitrogens with zero attached hydrogens (tertiary/aromatic N) is 1. The highest BCUT2D eigenvalue weighted by Gasteiger charge is 2.03. The van der Waals surface area contributed by atoms with Crippen LogP contribution in [0.2, 0.25) is 0 Å². The van der Waals surface area contributed by atoms with Gasteiger partial charge in [-0.15, -0.1) is 0 Å². The van der Waals surface area contributed by atoms with E-state index in [1.807, 2.05) is 42.5 Å². The molecule has 2 aromatic rings. The lowest BCUT2D eigenvalue weighted by Crippen LogP contribution is -2.12. The minimum atomic E-state index is -0.00411. The van der Waals surface area contributed by atoms with E-state index < -0.39 is 0 Å². The zero-order valence-corrected chi connectivity index (χ0v) is 10.5. The number of anilines is 1. The minimum Gasteiger partial charge on any atom is -0.326 e. The van der Waals surface area contributed by atoms with Gasteiger partial charge in [0.25, 0.3) is 0 Å². The molecule has 0 saturated carbocycles. The van der Waals surface area contributed by atoms with E-state index in [1.165, 1.54) is 0 Å². The highest BCUT2D eigenvalue weighted by atomic mass is 16.1. The van der Waals surface area contributed by atoms with Gasteiger partial charge >= 0.3 is 0 Å². The van der Waals surface area contributed by atoms with Crippen LogP contribution in [0.4, 0.5) is 5.69 Å². The Bertz CT molecular complexity index is 582. The van der Waals surface area contributed by atoms with Crippen LogP contribution in [0, 0.1) is 11.3 Å². The summed E-state index contributed by atoms with van der Waals surface area (Å²) in [5.41, 5.74) is 2.51. The SMILES string of the molecule is N#Cc1ccc(CCC(=O)Nc2ccccc2)cc1. The molecule has 1 N–H and O–H groups in total. The Morgan fingerprint density at radius 1 is 1.05 bits per heavy atom. The first-order valence-electron chi connectivity index (χ1n) is 6.12. The van der Waals surface area contributed by atoms with Crippen molar-refractivity contribution in [2.45, 2.75) is 12.8 Å². The van der Waals surface area contributed by atoms with Crippen molar-refractivity contribution in [1.82, 2.24) is 0 Å². The zero-order chi connectivity index (χ0) is 13.5. The molecule has 2 rings (SSSR count). The van der Waals surface area contributed by atoms with Gasteiger partial charge in [0, 0.05) is 12.1 Å². The molecule has 0 aliphatic rings. The van der Waals surface area contributed by atoms with E-state index in [9.17, 15) is 4.79 Å². The van der Waals surface area contributed by atoms with E-state index in [0.29, 0.717) is 18.4 Å². The molecule has 0 radical (unpaired) electrons. The minimum absolute atomic E-state index is 0.00411. The molecule has 0 spiro atoms. The smallest absolute Gasteiger partial charge is 0.224 e. The zero-order valence-electron chi connectivity index (χ0n) is 10.5. The largest absolute Gasteiger partial charge is 0.326 e. The van der Waals surface area contributed by atoms with Crippen molar-refractivity contribution in [3.8, 4) is 6.07 Å². The third-order valence-corrected chi connectivity index (χ3v) is 2.78. The van der Waals surface area contributed by atoms with Crippen LogP contribution in [-0.4, -0.2) is 5.91 Å². The lowest BCUT2D eigenvalue weighted by Gasteiger charge is -2.05. The van der Waals surface area contributed by atoms with Crippen LogP contribution < -0.4 is 5.32 Å². The van der Waals surface area contributed by atoms with Crippen molar-refractivity contribution >= 4 is 11.6 Å². The Hall–Kier alpha value is -2.60. The number of para-hydroxylation sites is 1. The van der Waals surface area contributed by atoms with Crippen molar-refractivity contribution < 1.29 is 4.79 Å². The van der Waals surface area contributed by atoms with E-state index in [-0.39, 0.29) is 5.91 Å². The van der Waals surface area contributed by atoms with Gasteiger partial charge in [0.05, 0.1) is 11.6 Å². The molecule has 0 aromatic heterocycles. The second-order valence-corrected chi connectivity index (χ2v) is 4.22.